The van der Waals surface area contributed by atoms with Gasteiger partial charge in [0.15, 0.2) is 0 Å². The predicted molar refractivity (Wildman–Crippen MR) is 73.9 cm³/mol. The molecule has 4 heteroatoms. The van der Waals surface area contributed by atoms with Crippen LogP contribution in [0.25, 0.3) is 0 Å². The van der Waals surface area contributed by atoms with E-state index in [9.17, 15) is 13.9 Å². The fourth-order valence-electron chi connectivity index (χ4n) is 1.96. The first kappa shape index (κ1) is 14.2. The molecule has 0 heterocycles. The molecule has 2 aromatic rings. The topological polar surface area (TPSA) is 20.2 Å². The van der Waals surface area contributed by atoms with Crippen molar-refractivity contribution in [2.24, 2.45) is 0 Å². The molecule has 2 aromatic carbocycles. The van der Waals surface area contributed by atoms with Crippen LogP contribution in [0.1, 0.15) is 11.1 Å². The molecular weight excluding hydrogens is 314 g/mol. The maximum atomic E-state index is 13.4. The highest BCUT2D eigenvalue weighted by Gasteiger charge is 2.11. The van der Waals surface area contributed by atoms with E-state index in [1.54, 1.807) is 0 Å². The van der Waals surface area contributed by atoms with Crippen LogP contribution in [0.5, 0.6) is 0 Å². The van der Waals surface area contributed by atoms with Crippen molar-refractivity contribution in [3.05, 3.63) is 69.7 Å². The second kappa shape index (κ2) is 6.26. The largest absolute Gasteiger partial charge is 0.392 e. The summed E-state index contributed by atoms with van der Waals surface area (Å²) in [6.45, 7) is 0. The van der Waals surface area contributed by atoms with Crippen molar-refractivity contribution < 1.29 is 13.9 Å². The Bertz CT molecular complexity index is 572. The molecule has 0 saturated heterocycles. The Balaban J connectivity index is 2.05. The number of aliphatic hydroxyl groups is 1. The first-order chi connectivity index (χ1) is 9.04. The Hall–Kier alpha value is -1.26. The molecule has 0 amide bonds. The molecule has 19 heavy (non-hydrogen) atoms. The molecule has 0 aromatic heterocycles. The van der Waals surface area contributed by atoms with E-state index in [0.29, 0.717) is 6.42 Å². The van der Waals surface area contributed by atoms with Crippen molar-refractivity contribution in [1.82, 2.24) is 0 Å². The minimum atomic E-state index is -0.745. The predicted octanol–water partition coefficient (Wildman–Crippen LogP) is 3.87. The molecule has 0 spiro atoms. The fourth-order valence-corrected chi connectivity index (χ4v) is 2.41. The van der Waals surface area contributed by atoms with Crippen molar-refractivity contribution in [2.75, 3.05) is 0 Å². The molecule has 0 radical (unpaired) electrons. The highest BCUT2D eigenvalue weighted by molar-refractivity contribution is 9.10. The Morgan fingerprint density at radius 1 is 1.05 bits per heavy atom. The quantitative estimate of drug-likeness (QED) is 0.904. The second-order valence-corrected chi connectivity index (χ2v) is 5.34. The summed E-state index contributed by atoms with van der Waals surface area (Å²) in [6, 6.07) is 10.8. The summed E-state index contributed by atoms with van der Waals surface area (Å²) >= 11 is 3.35. The summed E-state index contributed by atoms with van der Waals surface area (Å²) in [6.07, 6.45) is -0.253. The van der Waals surface area contributed by atoms with Gasteiger partial charge in [-0.2, -0.15) is 0 Å². The molecule has 0 saturated carbocycles. The number of hydrogen-bond donors (Lipinski definition) is 1. The van der Waals surface area contributed by atoms with Gasteiger partial charge in [-0.05, 0) is 47.9 Å². The van der Waals surface area contributed by atoms with Gasteiger partial charge in [-0.3, -0.25) is 0 Å². The van der Waals surface area contributed by atoms with E-state index < -0.39 is 17.7 Å². The lowest BCUT2D eigenvalue weighted by Gasteiger charge is -2.11. The van der Waals surface area contributed by atoms with Gasteiger partial charge in [0.25, 0.3) is 0 Å². The van der Waals surface area contributed by atoms with Crippen molar-refractivity contribution in [2.45, 2.75) is 18.9 Å². The molecule has 0 aliphatic heterocycles. The molecular formula is C15H13BrF2O. The molecule has 0 aliphatic carbocycles. The zero-order valence-electron chi connectivity index (χ0n) is 10.1. The van der Waals surface area contributed by atoms with Gasteiger partial charge in [-0.1, -0.05) is 28.1 Å². The maximum Gasteiger partial charge on any atom is 0.126 e. The number of halogens is 3. The summed E-state index contributed by atoms with van der Waals surface area (Å²) in [4.78, 5) is 0. The van der Waals surface area contributed by atoms with Gasteiger partial charge in [0.2, 0.25) is 0 Å². The van der Waals surface area contributed by atoms with Gasteiger partial charge in [0.1, 0.15) is 11.6 Å². The molecule has 0 bridgehead atoms. The lowest BCUT2D eigenvalue weighted by atomic mass is 10.0. The van der Waals surface area contributed by atoms with Crippen LogP contribution < -0.4 is 0 Å². The zero-order valence-corrected chi connectivity index (χ0v) is 11.7. The van der Waals surface area contributed by atoms with E-state index in [0.717, 1.165) is 28.2 Å². The molecule has 1 nitrogen and oxygen atoms in total. The molecule has 100 valence electrons. The standard InChI is InChI=1S/C15H13BrF2O/c16-12-3-1-2-10(6-12)7-14(19)9-11-8-13(17)4-5-15(11)18/h1-6,8,14,19H,7,9H2. The third-order valence-corrected chi connectivity index (χ3v) is 3.32. The Morgan fingerprint density at radius 2 is 1.84 bits per heavy atom. The minimum Gasteiger partial charge on any atom is -0.392 e. The molecule has 1 atom stereocenters. The smallest absolute Gasteiger partial charge is 0.126 e. The van der Waals surface area contributed by atoms with Gasteiger partial charge in [0.05, 0.1) is 6.10 Å². The Labute approximate surface area is 119 Å². The van der Waals surface area contributed by atoms with Crippen LogP contribution >= 0.6 is 15.9 Å². The summed E-state index contributed by atoms with van der Waals surface area (Å²) in [5.74, 6) is -0.985. The van der Waals surface area contributed by atoms with Crippen molar-refractivity contribution in [1.29, 1.82) is 0 Å². The normalized spacial score (nSPS) is 12.4. The van der Waals surface area contributed by atoms with Crippen LogP contribution in [0.15, 0.2) is 46.9 Å². The van der Waals surface area contributed by atoms with E-state index >= 15 is 0 Å². The van der Waals surface area contributed by atoms with Gasteiger partial charge in [-0.15, -0.1) is 0 Å². The van der Waals surface area contributed by atoms with E-state index in [-0.39, 0.29) is 12.0 Å². The van der Waals surface area contributed by atoms with Gasteiger partial charge in [0, 0.05) is 10.9 Å². The number of rotatable bonds is 4. The highest BCUT2D eigenvalue weighted by Crippen LogP contribution is 2.16. The van der Waals surface area contributed by atoms with E-state index in [2.05, 4.69) is 15.9 Å². The van der Waals surface area contributed by atoms with Gasteiger partial charge >= 0.3 is 0 Å². The van der Waals surface area contributed by atoms with Crippen molar-refractivity contribution in [3.63, 3.8) is 0 Å². The minimum absolute atomic E-state index is 0.0934. The zero-order chi connectivity index (χ0) is 13.8. The first-order valence-corrected chi connectivity index (χ1v) is 6.70. The summed E-state index contributed by atoms with van der Waals surface area (Å²) in [5.41, 5.74) is 1.14. The van der Waals surface area contributed by atoms with Crippen LogP contribution in [0.4, 0.5) is 8.78 Å². The van der Waals surface area contributed by atoms with Crippen molar-refractivity contribution in [3.8, 4) is 0 Å². The average molecular weight is 327 g/mol. The second-order valence-electron chi connectivity index (χ2n) is 4.43. The van der Waals surface area contributed by atoms with Crippen LogP contribution in [-0.2, 0) is 12.8 Å². The first-order valence-electron chi connectivity index (χ1n) is 5.91. The average Bonchev–Trinajstić information content (AvgIpc) is 2.34. The number of aliphatic hydroxyl groups excluding tert-OH is 1. The molecule has 0 fully saturated rings. The van der Waals surface area contributed by atoms with Crippen LogP contribution in [0.2, 0.25) is 0 Å². The number of hydrogen-bond acceptors (Lipinski definition) is 1. The van der Waals surface area contributed by atoms with E-state index in [4.69, 9.17) is 0 Å². The molecule has 1 N–H and O–H groups in total. The highest BCUT2D eigenvalue weighted by atomic mass is 79.9. The Morgan fingerprint density at radius 3 is 2.58 bits per heavy atom. The van der Waals surface area contributed by atoms with E-state index in [1.807, 2.05) is 24.3 Å². The monoisotopic (exact) mass is 326 g/mol. The number of benzene rings is 2. The van der Waals surface area contributed by atoms with Crippen molar-refractivity contribution >= 4 is 15.9 Å². The Kier molecular flexibility index (Phi) is 4.66. The van der Waals surface area contributed by atoms with Gasteiger partial charge in [-0.25, -0.2) is 8.78 Å². The summed E-state index contributed by atoms with van der Waals surface area (Å²) in [7, 11) is 0. The van der Waals surface area contributed by atoms with Crippen LogP contribution in [0, 0.1) is 11.6 Å². The third-order valence-electron chi connectivity index (χ3n) is 2.82. The molecule has 0 aliphatic rings. The SMILES string of the molecule is OC(Cc1cccc(Br)c1)Cc1cc(F)ccc1F. The summed E-state index contributed by atoms with van der Waals surface area (Å²) in [5, 5.41) is 9.96. The lowest BCUT2D eigenvalue weighted by molar-refractivity contribution is 0.174. The maximum absolute atomic E-state index is 13.4. The third kappa shape index (κ3) is 4.11. The van der Waals surface area contributed by atoms with Gasteiger partial charge < -0.3 is 5.11 Å². The summed E-state index contributed by atoms with van der Waals surface area (Å²) < 4.78 is 27.4. The van der Waals surface area contributed by atoms with Crippen LogP contribution in [0.3, 0.4) is 0 Å². The fraction of sp³-hybridized carbons (Fsp3) is 0.200. The molecule has 1 unspecified atom stereocenters. The molecule has 2 rings (SSSR count). The lowest BCUT2D eigenvalue weighted by Crippen LogP contribution is -2.15. The van der Waals surface area contributed by atoms with Crippen LogP contribution in [-0.4, -0.2) is 11.2 Å². The van der Waals surface area contributed by atoms with E-state index in [1.165, 1.54) is 0 Å².